The molecule has 0 saturated carbocycles. The quantitative estimate of drug-likeness (QED) is 0.857. The smallest absolute Gasteiger partial charge is 0.411 e. The maximum atomic E-state index is 12.3. The highest BCUT2D eigenvalue weighted by Gasteiger charge is 2.14. The van der Waals surface area contributed by atoms with E-state index in [9.17, 15) is 9.59 Å². The summed E-state index contributed by atoms with van der Waals surface area (Å²) in [4.78, 5) is 23.6. The van der Waals surface area contributed by atoms with Crippen LogP contribution in [0.5, 0.6) is 0 Å². The highest BCUT2D eigenvalue weighted by molar-refractivity contribution is 6.13. The lowest BCUT2D eigenvalue weighted by Gasteiger charge is -2.09. The van der Waals surface area contributed by atoms with Gasteiger partial charge in [0.15, 0.2) is 5.78 Å². The van der Waals surface area contributed by atoms with Crippen molar-refractivity contribution in [2.24, 2.45) is 0 Å². The zero-order valence-corrected chi connectivity index (χ0v) is 10.4. The minimum absolute atomic E-state index is 0.146. The summed E-state index contributed by atoms with van der Waals surface area (Å²) < 4.78 is 4.53. The van der Waals surface area contributed by atoms with Gasteiger partial charge in [-0.3, -0.25) is 10.1 Å². The molecule has 96 valence electrons. The Hall–Kier alpha value is -2.62. The molecule has 0 radical (unpaired) electrons. The number of benzene rings is 2. The Morgan fingerprint density at radius 2 is 1.58 bits per heavy atom. The molecule has 1 N–H and O–H groups in total. The van der Waals surface area contributed by atoms with Crippen molar-refractivity contribution >= 4 is 17.6 Å². The number of nitrogens with one attached hydrogen (secondary N) is 1. The number of methoxy groups -OCH3 is 1. The third-order valence-corrected chi connectivity index (χ3v) is 2.63. The summed E-state index contributed by atoms with van der Waals surface area (Å²) in [6, 6.07) is 15.7. The molecule has 0 aliphatic carbocycles. The molecule has 0 fully saturated rings. The van der Waals surface area contributed by atoms with E-state index in [2.05, 4.69) is 10.1 Å². The van der Waals surface area contributed by atoms with E-state index in [1.165, 1.54) is 7.11 Å². The lowest BCUT2D eigenvalue weighted by atomic mass is 10.0. The maximum Gasteiger partial charge on any atom is 0.411 e. The second-order valence-electron chi connectivity index (χ2n) is 3.86. The third-order valence-electron chi connectivity index (χ3n) is 2.63. The summed E-state index contributed by atoms with van der Waals surface area (Å²) in [7, 11) is 1.27. The Balaban J connectivity index is 2.35. The van der Waals surface area contributed by atoms with Gasteiger partial charge in [0, 0.05) is 11.1 Å². The molecule has 0 aliphatic heterocycles. The first-order valence-electron chi connectivity index (χ1n) is 5.76. The summed E-state index contributed by atoms with van der Waals surface area (Å²) in [5.41, 5.74) is 1.43. The van der Waals surface area contributed by atoms with Gasteiger partial charge in [-0.05, 0) is 12.1 Å². The first-order valence-corrected chi connectivity index (χ1v) is 5.76. The number of anilines is 1. The van der Waals surface area contributed by atoms with E-state index < -0.39 is 6.09 Å². The van der Waals surface area contributed by atoms with Crippen LogP contribution in [0.15, 0.2) is 54.6 Å². The topological polar surface area (TPSA) is 55.4 Å². The van der Waals surface area contributed by atoms with Gasteiger partial charge in [0.1, 0.15) is 0 Å². The Morgan fingerprint density at radius 1 is 0.947 bits per heavy atom. The Morgan fingerprint density at radius 3 is 2.26 bits per heavy atom. The third kappa shape index (κ3) is 2.98. The first kappa shape index (κ1) is 12.8. The van der Waals surface area contributed by atoms with Crippen LogP contribution < -0.4 is 5.32 Å². The molecule has 0 aromatic heterocycles. The number of ether oxygens (including phenoxy) is 1. The number of carbonyl (C=O) groups excluding carboxylic acids is 2. The lowest BCUT2D eigenvalue weighted by Crippen LogP contribution is -2.14. The van der Waals surface area contributed by atoms with Crippen molar-refractivity contribution in [3.8, 4) is 0 Å². The largest absolute Gasteiger partial charge is 0.453 e. The van der Waals surface area contributed by atoms with E-state index in [1.54, 1.807) is 48.5 Å². The molecule has 0 bridgehead atoms. The summed E-state index contributed by atoms with van der Waals surface area (Å²) in [6.45, 7) is 0. The molecule has 2 aromatic carbocycles. The van der Waals surface area contributed by atoms with Crippen molar-refractivity contribution < 1.29 is 14.3 Å². The van der Waals surface area contributed by atoms with Crippen LogP contribution in [-0.2, 0) is 4.74 Å². The van der Waals surface area contributed by atoms with Gasteiger partial charge in [-0.2, -0.15) is 0 Å². The van der Waals surface area contributed by atoms with Crippen LogP contribution in [0.2, 0.25) is 0 Å². The highest BCUT2D eigenvalue weighted by atomic mass is 16.5. The molecule has 2 aromatic rings. The predicted molar refractivity (Wildman–Crippen MR) is 72.3 cm³/mol. The number of hydrogen-bond donors (Lipinski definition) is 1. The number of rotatable bonds is 3. The van der Waals surface area contributed by atoms with E-state index >= 15 is 0 Å². The predicted octanol–water partition coefficient (Wildman–Crippen LogP) is 3.10. The Labute approximate surface area is 111 Å². The Kier molecular flexibility index (Phi) is 3.93. The molecule has 0 heterocycles. The average molecular weight is 255 g/mol. The molecule has 19 heavy (non-hydrogen) atoms. The number of carbonyl (C=O) groups is 2. The Bertz CT molecular complexity index is 593. The molecule has 2 rings (SSSR count). The molecule has 0 saturated heterocycles. The molecule has 0 unspecified atom stereocenters. The summed E-state index contributed by atoms with van der Waals surface area (Å²) >= 11 is 0. The normalized spacial score (nSPS) is 9.74. The van der Waals surface area contributed by atoms with E-state index in [1.807, 2.05) is 6.07 Å². The SMILES string of the molecule is COC(=O)Nc1ccccc1C(=O)c1ccccc1. The van der Waals surface area contributed by atoms with Gasteiger partial charge in [-0.1, -0.05) is 42.5 Å². The van der Waals surface area contributed by atoms with E-state index in [0.717, 1.165) is 0 Å². The number of hydrogen-bond acceptors (Lipinski definition) is 3. The fraction of sp³-hybridized carbons (Fsp3) is 0.0667. The zero-order valence-electron chi connectivity index (χ0n) is 10.4. The molecule has 0 atom stereocenters. The van der Waals surface area contributed by atoms with Gasteiger partial charge in [-0.25, -0.2) is 4.79 Å². The number of amides is 1. The lowest BCUT2D eigenvalue weighted by molar-refractivity contribution is 0.103. The van der Waals surface area contributed by atoms with Crippen molar-refractivity contribution in [2.75, 3.05) is 12.4 Å². The van der Waals surface area contributed by atoms with Crippen LogP contribution in [-0.4, -0.2) is 19.0 Å². The highest BCUT2D eigenvalue weighted by Crippen LogP contribution is 2.19. The summed E-state index contributed by atoms with van der Waals surface area (Å²) in [5.74, 6) is -0.146. The van der Waals surface area contributed by atoms with Crippen LogP contribution in [0, 0.1) is 0 Å². The molecular weight excluding hydrogens is 242 g/mol. The number of para-hydroxylation sites is 1. The minimum atomic E-state index is -0.603. The molecule has 1 amide bonds. The maximum absolute atomic E-state index is 12.3. The van der Waals surface area contributed by atoms with Crippen LogP contribution in [0.1, 0.15) is 15.9 Å². The fourth-order valence-electron chi connectivity index (χ4n) is 1.70. The molecule has 4 nitrogen and oxygen atoms in total. The van der Waals surface area contributed by atoms with Gasteiger partial charge < -0.3 is 4.74 Å². The monoisotopic (exact) mass is 255 g/mol. The molecule has 4 heteroatoms. The molecular formula is C15H13NO3. The van der Waals surface area contributed by atoms with E-state index in [0.29, 0.717) is 16.8 Å². The van der Waals surface area contributed by atoms with Crippen LogP contribution in [0.25, 0.3) is 0 Å². The zero-order chi connectivity index (χ0) is 13.7. The van der Waals surface area contributed by atoms with Gasteiger partial charge in [0.2, 0.25) is 0 Å². The van der Waals surface area contributed by atoms with Crippen LogP contribution in [0.4, 0.5) is 10.5 Å². The summed E-state index contributed by atoms with van der Waals surface area (Å²) in [5, 5.41) is 2.53. The van der Waals surface area contributed by atoms with Gasteiger partial charge in [0.05, 0.1) is 12.8 Å². The minimum Gasteiger partial charge on any atom is -0.453 e. The van der Waals surface area contributed by atoms with E-state index in [4.69, 9.17) is 0 Å². The van der Waals surface area contributed by atoms with Crippen LogP contribution >= 0.6 is 0 Å². The van der Waals surface area contributed by atoms with Gasteiger partial charge >= 0.3 is 6.09 Å². The van der Waals surface area contributed by atoms with Crippen molar-refractivity contribution in [3.63, 3.8) is 0 Å². The number of ketones is 1. The standard InChI is InChI=1S/C15H13NO3/c1-19-15(18)16-13-10-6-5-9-12(13)14(17)11-7-3-2-4-8-11/h2-10H,1H3,(H,16,18). The second kappa shape index (κ2) is 5.82. The second-order valence-corrected chi connectivity index (χ2v) is 3.86. The van der Waals surface area contributed by atoms with Crippen molar-refractivity contribution in [2.45, 2.75) is 0 Å². The molecule has 0 aliphatic rings. The average Bonchev–Trinajstić information content (AvgIpc) is 2.48. The first-order chi connectivity index (χ1) is 9.22. The van der Waals surface area contributed by atoms with Crippen LogP contribution in [0.3, 0.4) is 0 Å². The molecule has 0 spiro atoms. The van der Waals surface area contributed by atoms with E-state index in [-0.39, 0.29) is 5.78 Å². The fourth-order valence-corrected chi connectivity index (χ4v) is 1.70. The van der Waals surface area contributed by atoms with Gasteiger partial charge in [-0.15, -0.1) is 0 Å². The summed E-state index contributed by atoms with van der Waals surface area (Å²) in [6.07, 6.45) is -0.603. The van der Waals surface area contributed by atoms with Crippen molar-refractivity contribution in [3.05, 3.63) is 65.7 Å². The van der Waals surface area contributed by atoms with Gasteiger partial charge in [0.25, 0.3) is 0 Å². The van der Waals surface area contributed by atoms with Crippen molar-refractivity contribution in [1.29, 1.82) is 0 Å². The van der Waals surface area contributed by atoms with Crippen molar-refractivity contribution in [1.82, 2.24) is 0 Å².